The zero-order chi connectivity index (χ0) is 17.9. The van der Waals surface area contributed by atoms with Crippen molar-refractivity contribution < 1.29 is 9.13 Å². The van der Waals surface area contributed by atoms with E-state index in [0.717, 1.165) is 22.5 Å². The van der Waals surface area contributed by atoms with Crippen molar-refractivity contribution in [3.63, 3.8) is 0 Å². The summed E-state index contributed by atoms with van der Waals surface area (Å²) in [4.78, 5) is 8.61. The zero-order valence-electron chi connectivity index (χ0n) is 14.1. The molecule has 3 aromatic heterocycles. The first-order chi connectivity index (χ1) is 12.7. The highest BCUT2D eigenvalue weighted by molar-refractivity contribution is 5.63. The fourth-order valence-corrected chi connectivity index (χ4v) is 2.61. The van der Waals surface area contributed by atoms with Gasteiger partial charge >= 0.3 is 0 Å². The number of aromatic nitrogens is 4. The molecule has 0 unspecified atom stereocenters. The van der Waals surface area contributed by atoms with Gasteiger partial charge in [0.1, 0.15) is 11.6 Å². The molecule has 6 nitrogen and oxygen atoms in total. The summed E-state index contributed by atoms with van der Waals surface area (Å²) >= 11 is 0. The minimum Gasteiger partial charge on any atom is -0.481 e. The number of fused-ring (bicyclic) bond motifs is 1. The molecule has 0 spiro atoms. The lowest BCUT2D eigenvalue weighted by Crippen LogP contribution is -2.04. The van der Waals surface area contributed by atoms with Crippen molar-refractivity contribution in [1.29, 1.82) is 0 Å². The third kappa shape index (κ3) is 3.19. The van der Waals surface area contributed by atoms with Gasteiger partial charge in [0.05, 0.1) is 19.0 Å². The smallest absolute Gasteiger partial charge is 0.212 e. The van der Waals surface area contributed by atoms with E-state index in [4.69, 9.17) is 4.74 Å². The molecular formula is C19H16FN5O. The molecule has 130 valence electrons. The van der Waals surface area contributed by atoms with E-state index in [1.807, 2.05) is 18.2 Å². The Morgan fingerprint density at radius 3 is 2.58 bits per heavy atom. The van der Waals surface area contributed by atoms with Crippen molar-refractivity contribution in [2.45, 2.75) is 6.54 Å². The van der Waals surface area contributed by atoms with Crippen molar-refractivity contribution in [3.05, 3.63) is 72.3 Å². The predicted octanol–water partition coefficient (Wildman–Crippen LogP) is 3.55. The lowest BCUT2D eigenvalue weighted by molar-refractivity contribution is 0.398. The van der Waals surface area contributed by atoms with Crippen LogP contribution in [0.5, 0.6) is 5.88 Å². The molecule has 0 bridgehead atoms. The molecule has 0 saturated carbocycles. The van der Waals surface area contributed by atoms with Gasteiger partial charge in [-0.2, -0.15) is 0 Å². The van der Waals surface area contributed by atoms with E-state index in [9.17, 15) is 4.39 Å². The molecule has 1 aromatic carbocycles. The van der Waals surface area contributed by atoms with Gasteiger partial charge in [0, 0.05) is 24.4 Å². The average Bonchev–Trinajstić information content (AvgIpc) is 3.11. The normalized spacial score (nSPS) is 10.8. The lowest BCUT2D eigenvalue weighted by atomic mass is 10.2. The molecule has 0 aliphatic carbocycles. The number of imidazole rings is 1. The highest BCUT2D eigenvalue weighted by Gasteiger charge is 2.09. The summed E-state index contributed by atoms with van der Waals surface area (Å²) in [5.74, 6) is 1.00. The van der Waals surface area contributed by atoms with Crippen molar-refractivity contribution in [2.24, 2.45) is 0 Å². The fraction of sp³-hybridized carbons (Fsp3) is 0.105. The van der Waals surface area contributed by atoms with E-state index in [-0.39, 0.29) is 5.82 Å². The van der Waals surface area contributed by atoms with Gasteiger partial charge in [-0.1, -0.05) is 12.1 Å². The van der Waals surface area contributed by atoms with Crippen LogP contribution in [0.25, 0.3) is 16.9 Å². The lowest BCUT2D eigenvalue weighted by Gasteiger charge is -2.07. The van der Waals surface area contributed by atoms with E-state index in [1.165, 1.54) is 12.1 Å². The summed E-state index contributed by atoms with van der Waals surface area (Å²) in [6.45, 7) is 0.549. The summed E-state index contributed by atoms with van der Waals surface area (Å²) < 4.78 is 19.8. The topological polar surface area (TPSA) is 64.3 Å². The molecule has 1 N–H and O–H groups in total. The van der Waals surface area contributed by atoms with Crippen LogP contribution in [0, 0.1) is 5.82 Å². The van der Waals surface area contributed by atoms with Crippen LogP contribution in [0.2, 0.25) is 0 Å². The van der Waals surface area contributed by atoms with E-state index in [2.05, 4.69) is 20.4 Å². The zero-order valence-corrected chi connectivity index (χ0v) is 14.1. The molecule has 0 fully saturated rings. The van der Waals surface area contributed by atoms with Gasteiger partial charge in [-0.15, -0.1) is 5.10 Å². The Hall–Kier alpha value is -3.48. The van der Waals surface area contributed by atoms with E-state index < -0.39 is 0 Å². The molecule has 0 radical (unpaired) electrons. The SMILES string of the molecule is COc1ccc(-c2cnc3ccc(NCc4ccc(F)cc4)nn23)cn1. The minimum atomic E-state index is -0.246. The second-order valence-corrected chi connectivity index (χ2v) is 5.70. The first-order valence-corrected chi connectivity index (χ1v) is 8.06. The molecule has 3 heterocycles. The Bertz CT molecular complexity index is 1030. The van der Waals surface area contributed by atoms with Crippen molar-refractivity contribution in [1.82, 2.24) is 19.6 Å². The maximum Gasteiger partial charge on any atom is 0.212 e. The maximum absolute atomic E-state index is 13.0. The Balaban J connectivity index is 1.60. The molecule has 0 saturated heterocycles. The van der Waals surface area contributed by atoms with E-state index in [1.54, 1.807) is 42.2 Å². The monoisotopic (exact) mass is 349 g/mol. The molecular weight excluding hydrogens is 333 g/mol. The Morgan fingerprint density at radius 1 is 1.00 bits per heavy atom. The number of ether oxygens (including phenoxy) is 1. The number of rotatable bonds is 5. The quantitative estimate of drug-likeness (QED) is 0.597. The third-order valence-corrected chi connectivity index (χ3v) is 3.99. The summed E-state index contributed by atoms with van der Waals surface area (Å²) in [6.07, 6.45) is 3.48. The van der Waals surface area contributed by atoms with Crippen LogP contribution >= 0.6 is 0 Å². The van der Waals surface area contributed by atoms with E-state index >= 15 is 0 Å². The number of hydrogen-bond acceptors (Lipinski definition) is 5. The van der Waals surface area contributed by atoms with Gasteiger partial charge < -0.3 is 10.1 Å². The molecule has 0 amide bonds. The van der Waals surface area contributed by atoms with Crippen LogP contribution in [0.4, 0.5) is 10.2 Å². The maximum atomic E-state index is 13.0. The number of anilines is 1. The third-order valence-electron chi connectivity index (χ3n) is 3.99. The Kier molecular flexibility index (Phi) is 4.18. The highest BCUT2D eigenvalue weighted by atomic mass is 19.1. The fourth-order valence-electron chi connectivity index (χ4n) is 2.61. The van der Waals surface area contributed by atoms with Gasteiger partial charge in [-0.05, 0) is 35.9 Å². The van der Waals surface area contributed by atoms with Gasteiger partial charge in [0.2, 0.25) is 5.88 Å². The van der Waals surface area contributed by atoms with Gasteiger partial charge in [0.25, 0.3) is 0 Å². The summed E-state index contributed by atoms with van der Waals surface area (Å²) in [5.41, 5.74) is 3.43. The average molecular weight is 349 g/mol. The standard InChI is InChI=1S/C19H16FN5O/c1-26-19-9-4-14(11-23-19)16-12-22-18-8-7-17(24-25(16)18)21-10-13-2-5-15(20)6-3-13/h2-9,11-12H,10H2,1H3,(H,21,24). The van der Waals surface area contributed by atoms with Crippen LogP contribution in [-0.4, -0.2) is 26.7 Å². The van der Waals surface area contributed by atoms with Gasteiger partial charge in [0.15, 0.2) is 5.65 Å². The van der Waals surface area contributed by atoms with Gasteiger partial charge in [-0.3, -0.25) is 0 Å². The van der Waals surface area contributed by atoms with Crippen LogP contribution in [0.1, 0.15) is 5.56 Å². The summed E-state index contributed by atoms with van der Waals surface area (Å²) in [6, 6.07) is 13.8. The number of pyridine rings is 1. The molecule has 7 heteroatoms. The number of hydrogen-bond donors (Lipinski definition) is 1. The first kappa shape index (κ1) is 16.0. The molecule has 0 atom stereocenters. The minimum absolute atomic E-state index is 0.246. The second kappa shape index (κ2) is 6.79. The molecule has 4 rings (SSSR count). The largest absolute Gasteiger partial charge is 0.481 e. The Morgan fingerprint density at radius 2 is 1.85 bits per heavy atom. The van der Waals surface area contributed by atoms with Crippen LogP contribution in [-0.2, 0) is 6.54 Å². The van der Waals surface area contributed by atoms with Crippen molar-refractivity contribution in [3.8, 4) is 17.1 Å². The molecule has 4 aromatic rings. The number of halogens is 1. The molecule has 26 heavy (non-hydrogen) atoms. The van der Waals surface area contributed by atoms with Crippen LogP contribution < -0.4 is 10.1 Å². The predicted molar refractivity (Wildman–Crippen MR) is 96.5 cm³/mol. The van der Waals surface area contributed by atoms with Crippen LogP contribution in [0.3, 0.4) is 0 Å². The highest BCUT2D eigenvalue weighted by Crippen LogP contribution is 2.21. The molecule has 0 aliphatic heterocycles. The number of benzene rings is 1. The number of methoxy groups -OCH3 is 1. The second-order valence-electron chi connectivity index (χ2n) is 5.70. The van der Waals surface area contributed by atoms with Crippen molar-refractivity contribution >= 4 is 11.5 Å². The Labute approximate surface area is 149 Å². The van der Waals surface area contributed by atoms with E-state index in [0.29, 0.717) is 18.2 Å². The summed E-state index contributed by atoms with van der Waals surface area (Å²) in [5, 5.41) is 7.84. The number of nitrogens with zero attached hydrogens (tertiary/aromatic N) is 4. The summed E-state index contributed by atoms with van der Waals surface area (Å²) in [7, 11) is 1.58. The van der Waals surface area contributed by atoms with Crippen LogP contribution in [0.15, 0.2) is 60.9 Å². The van der Waals surface area contributed by atoms with Gasteiger partial charge in [-0.25, -0.2) is 18.9 Å². The number of nitrogens with one attached hydrogen (secondary N) is 1. The first-order valence-electron chi connectivity index (χ1n) is 8.06. The molecule has 0 aliphatic rings. The van der Waals surface area contributed by atoms with Crippen molar-refractivity contribution in [2.75, 3.05) is 12.4 Å².